The monoisotopic (exact) mass is 421 g/mol. The molecule has 30 heavy (non-hydrogen) atoms. The number of ether oxygens (including phenoxy) is 1. The van der Waals surface area contributed by atoms with Crippen molar-refractivity contribution in [1.82, 2.24) is 15.2 Å². The first kappa shape index (κ1) is 19.9. The summed E-state index contributed by atoms with van der Waals surface area (Å²) in [5.74, 6) is 0.776. The average Bonchev–Trinajstić information content (AvgIpc) is 3.22. The van der Waals surface area contributed by atoms with E-state index in [0.29, 0.717) is 11.7 Å². The second-order valence-electron chi connectivity index (χ2n) is 6.79. The van der Waals surface area contributed by atoms with Crippen molar-refractivity contribution in [3.63, 3.8) is 0 Å². The zero-order chi connectivity index (χ0) is 21.1. The zero-order valence-electron chi connectivity index (χ0n) is 16.8. The Morgan fingerprint density at radius 3 is 2.63 bits per heavy atom. The second-order valence-corrected chi connectivity index (χ2v) is 7.16. The van der Waals surface area contributed by atoms with E-state index in [1.54, 1.807) is 19.4 Å². The van der Waals surface area contributed by atoms with Gasteiger partial charge in [0.15, 0.2) is 17.4 Å². The largest absolute Gasteiger partial charge is 0.496 e. The SMILES string of the molecule is CCN1C(=S)N(c2ccccc2)C2NC(=O)N(/N=C/C=C/c3ccccc3OC)C21. The lowest BCUT2D eigenvalue weighted by atomic mass is 10.2. The first-order valence-corrected chi connectivity index (χ1v) is 10.1. The predicted molar refractivity (Wildman–Crippen MR) is 122 cm³/mol. The Balaban J connectivity index is 1.56. The van der Waals surface area contributed by atoms with Crippen LogP contribution >= 0.6 is 12.2 Å². The molecule has 2 saturated heterocycles. The number of methoxy groups -OCH3 is 1. The van der Waals surface area contributed by atoms with E-state index in [0.717, 1.165) is 17.0 Å². The smallest absolute Gasteiger partial charge is 0.341 e. The molecule has 2 aliphatic heterocycles. The molecule has 0 spiro atoms. The number of fused-ring (bicyclic) bond motifs is 1. The van der Waals surface area contributed by atoms with E-state index in [1.807, 2.05) is 77.4 Å². The Morgan fingerprint density at radius 2 is 1.90 bits per heavy atom. The number of amides is 2. The summed E-state index contributed by atoms with van der Waals surface area (Å²) >= 11 is 5.71. The molecule has 154 valence electrons. The molecule has 2 unspecified atom stereocenters. The van der Waals surface area contributed by atoms with Crippen LogP contribution in [0.3, 0.4) is 0 Å². The van der Waals surface area contributed by atoms with Crippen molar-refractivity contribution in [2.24, 2.45) is 5.10 Å². The molecule has 0 radical (unpaired) electrons. The van der Waals surface area contributed by atoms with Crippen molar-refractivity contribution in [1.29, 1.82) is 0 Å². The van der Waals surface area contributed by atoms with Crippen LogP contribution in [-0.2, 0) is 0 Å². The number of thiocarbonyl (C=S) groups is 1. The summed E-state index contributed by atoms with van der Waals surface area (Å²) in [6, 6.07) is 17.3. The third kappa shape index (κ3) is 3.50. The maximum absolute atomic E-state index is 12.7. The van der Waals surface area contributed by atoms with Crippen LogP contribution in [0.15, 0.2) is 65.8 Å². The van der Waals surface area contributed by atoms with Crippen LogP contribution in [0, 0.1) is 0 Å². The van der Waals surface area contributed by atoms with Gasteiger partial charge in [-0.15, -0.1) is 0 Å². The van der Waals surface area contributed by atoms with Crippen LogP contribution in [0.1, 0.15) is 12.5 Å². The van der Waals surface area contributed by atoms with E-state index in [-0.39, 0.29) is 18.4 Å². The molecule has 2 fully saturated rings. The van der Waals surface area contributed by atoms with E-state index in [2.05, 4.69) is 10.4 Å². The Kier molecular flexibility index (Phi) is 5.67. The summed E-state index contributed by atoms with van der Waals surface area (Å²) in [4.78, 5) is 16.6. The third-order valence-corrected chi connectivity index (χ3v) is 5.56. The van der Waals surface area contributed by atoms with E-state index >= 15 is 0 Å². The van der Waals surface area contributed by atoms with Gasteiger partial charge >= 0.3 is 6.03 Å². The number of likely N-dealkylation sites (N-methyl/N-ethyl adjacent to an activating group) is 1. The number of carbonyl (C=O) groups is 1. The van der Waals surface area contributed by atoms with Crippen LogP contribution in [0.2, 0.25) is 0 Å². The fourth-order valence-electron chi connectivity index (χ4n) is 3.76. The lowest BCUT2D eigenvalue weighted by Crippen LogP contribution is -2.43. The summed E-state index contributed by atoms with van der Waals surface area (Å²) < 4.78 is 5.35. The lowest BCUT2D eigenvalue weighted by molar-refractivity contribution is 0.158. The molecule has 8 heteroatoms. The second kappa shape index (κ2) is 8.54. The van der Waals surface area contributed by atoms with Crippen LogP contribution in [0.4, 0.5) is 10.5 Å². The van der Waals surface area contributed by atoms with Crippen LogP contribution in [0.5, 0.6) is 5.75 Å². The van der Waals surface area contributed by atoms with Gasteiger partial charge < -0.3 is 15.0 Å². The van der Waals surface area contributed by atoms with Gasteiger partial charge in [0.05, 0.1) is 7.11 Å². The minimum absolute atomic E-state index is 0.256. The normalized spacial score (nSPS) is 21.1. The zero-order valence-corrected chi connectivity index (χ0v) is 17.6. The minimum Gasteiger partial charge on any atom is -0.496 e. The summed E-state index contributed by atoms with van der Waals surface area (Å²) in [7, 11) is 1.64. The van der Waals surface area contributed by atoms with Gasteiger partial charge in [-0.1, -0.05) is 36.4 Å². The van der Waals surface area contributed by atoms with Crippen LogP contribution < -0.4 is 15.0 Å². The number of para-hydroxylation sites is 2. The number of hydrogen-bond donors (Lipinski definition) is 1. The maximum Gasteiger partial charge on any atom is 0.341 e. The summed E-state index contributed by atoms with van der Waals surface area (Å²) in [5.41, 5.74) is 1.87. The van der Waals surface area contributed by atoms with Gasteiger partial charge in [0.25, 0.3) is 0 Å². The molecular weight excluding hydrogens is 398 g/mol. The first-order valence-electron chi connectivity index (χ1n) is 9.74. The third-order valence-electron chi connectivity index (χ3n) is 5.13. The van der Waals surface area contributed by atoms with Gasteiger partial charge in [-0.05, 0) is 49.5 Å². The molecular formula is C22H23N5O2S. The fourth-order valence-corrected chi connectivity index (χ4v) is 4.21. The quantitative estimate of drug-likeness (QED) is 0.572. The highest BCUT2D eigenvalue weighted by Gasteiger charge is 2.53. The van der Waals surface area contributed by atoms with E-state index in [1.165, 1.54) is 5.01 Å². The van der Waals surface area contributed by atoms with Crippen molar-refractivity contribution in [2.45, 2.75) is 19.3 Å². The number of nitrogens with one attached hydrogen (secondary N) is 1. The van der Waals surface area contributed by atoms with Crippen molar-refractivity contribution in [3.8, 4) is 5.75 Å². The number of hydrogen-bond acceptors (Lipinski definition) is 4. The van der Waals surface area contributed by atoms with Crippen molar-refractivity contribution >= 4 is 41.3 Å². The topological polar surface area (TPSA) is 60.4 Å². The first-order chi connectivity index (χ1) is 14.7. The number of nitrogens with zero attached hydrogens (tertiary/aromatic N) is 4. The maximum atomic E-state index is 12.7. The fraction of sp³-hybridized carbons (Fsp3) is 0.227. The molecule has 4 rings (SSSR count). The molecule has 2 aliphatic rings. The van der Waals surface area contributed by atoms with Crippen molar-refractivity contribution in [3.05, 3.63) is 66.2 Å². The molecule has 2 atom stereocenters. The number of anilines is 1. The average molecular weight is 422 g/mol. The molecule has 0 aliphatic carbocycles. The van der Waals surface area contributed by atoms with Gasteiger partial charge in [0, 0.05) is 24.0 Å². The Labute approximate surface area is 181 Å². The molecule has 2 aromatic carbocycles. The standard InChI is InChI=1S/C22H23N5O2S/c1-3-25-20-19(26(22(25)30)17-12-5-4-6-13-17)24-21(28)27(20)23-15-9-11-16-10-7-8-14-18(16)29-2/h4-15,19-20H,3H2,1-2H3,(H,24,28)/b11-9+,23-15+. The minimum atomic E-state index is -0.314. The van der Waals surface area contributed by atoms with E-state index < -0.39 is 0 Å². The van der Waals surface area contributed by atoms with E-state index in [4.69, 9.17) is 17.0 Å². The van der Waals surface area contributed by atoms with Crippen molar-refractivity contribution < 1.29 is 9.53 Å². The Morgan fingerprint density at radius 1 is 1.17 bits per heavy atom. The molecule has 1 N–H and O–H groups in total. The number of urea groups is 1. The van der Waals surface area contributed by atoms with Crippen LogP contribution in [0.25, 0.3) is 6.08 Å². The number of hydrazone groups is 1. The summed E-state index contributed by atoms with van der Waals surface area (Å²) in [6.07, 6.45) is 4.67. The van der Waals surface area contributed by atoms with Crippen molar-refractivity contribution in [2.75, 3.05) is 18.6 Å². The molecule has 2 heterocycles. The van der Waals surface area contributed by atoms with Crippen LogP contribution in [-0.4, -0.2) is 53.3 Å². The molecule has 2 amide bonds. The summed E-state index contributed by atoms with van der Waals surface area (Å²) in [5, 5.41) is 9.56. The Bertz CT molecular complexity index is 994. The molecule has 7 nitrogen and oxygen atoms in total. The lowest BCUT2D eigenvalue weighted by Gasteiger charge is -2.26. The number of rotatable bonds is 6. The van der Waals surface area contributed by atoms with Gasteiger partial charge in [-0.3, -0.25) is 4.90 Å². The predicted octanol–water partition coefficient (Wildman–Crippen LogP) is 3.50. The Hall–Kier alpha value is -3.39. The summed E-state index contributed by atoms with van der Waals surface area (Å²) in [6.45, 7) is 2.69. The molecule has 0 bridgehead atoms. The molecule has 0 aromatic heterocycles. The molecule has 0 saturated carbocycles. The van der Waals surface area contributed by atoms with Gasteiger partial charge in [-0.2, -0.15) is 10.1 Å². The van der Waals surface area contributed by atoms with Gasteiger partial charge in [0.1, 0.15) is 5.75 Å². The number of allylic oxidation sites excluding steroid dienone is 1. The number of carbonyl (C=O) groups excluding carboxylic acids is 1. The van der Waals surface area contributed by atoms with E-state index in [9.17, 15) is 4.79 Å². The van der Waals surface area contributed by atoms with Gasteiger partial charge in [0.2, 0.25) is 0 Å². The highest BCUT2D eigenvalue weighted by atomic mass is 32.1. The highest BCUT2D eigenvalue weighted by molar-refractivity contribution is 7.80. The number of benzene rings is 2. The van der Waals surface area contributed by atoms with Gasteiger partial charge in [-0.25, -0.2) is 4.79 Å². The highest BCUT2D eigenvalue weighted by Crippen LogP contribution is 2.33. The molecule has 2 aromatic rings.